The number of ether oxygens (including phenoxy) is 1. The molecule has 1 rings (SSSR count). The Morgan fingerprint density at radius 1 is 1.38 bits per heavy atom. The van der Waals surface area contributed by atoms with Crippen LogP contribution >= 0.6 is 0 Å². The second kappa shape index (κ2) is 7.01. The van der Waals surface area contributed by atoms with Crippen molar-refractivity contribution in [1.29, 1.82) is 0 Å². The molecular formula is C13H18O3. The maximum absolute atomic E-state index is 11.0. The van der Waals surface area contributed by atoms with Crippen LogP contribution in [0.15, 0.2) is 30.3 Å². The van der Waals surface area contributed by atoms with Gasteiger partial charge in [0.25, 0.3) is 0 Å². The van der Waals surface area contributed by atoms with Crippen molar-refractivity contribution in [2.75, 3.05) is 6.61 Å². The number of hydrogen-bond donors (Lipinski definition) is 1. The van der Waals surface area contributed by atoms with E-state index in [1.54, 1.807) is 0 Å². The van der Waals surface area contributed by atoms with Gasteiger partial charge in [0, 0.05) is 13.0 Å². The van der Waals surface area contributed by atoms with Crippen LogP contribution in [0.1, 0.15) is 25.3 Å². The molecule has 3 heteroatoms. The van der Waals surface area contributed by atoms with Crippen molar-refractivity contribution < 1.29 is 14.6 Å². The van der Waals surface area contributed by atoms with E-state index in [1.165, 1.54) is 0 Å². The molecule has 0 heterocycles. The molecule has 0 radical (unpaired) electrons. The first-order chi connectivity index (χ1) is 7.74. The summed E-state index contributed by atoms with van der Waals surface area (Å²) < 4.78 is 5.35. The van der Waals surface area contributed by atoms with Gasteiger partial charge in [-0.25, -0.2) is 4.79 Å². The smallest absolute Gasteiger partial charge is 0.333 e. The molecule has 1 atom stereocenters. The summed E-state index contributed by atoms with van der Waals surface area (Å²) in [5.41, 5.74) is 0.992. The molecule has 0 saturated carbocycles. The third-order valence-corrected chi connectivity index (χ3v) is 2.36. The summed E-state index contributed by atoms with van der Waals surface area (Å²) >= 11 is 0. The molecule has 0 aliphatic rings. The monoisotopic (exact) mass is 222 g/mol. The number of hydrogen-bond acceptors (Lipinski definition) is 2. The van der Waals surface area contributed by atoms with Gasteiger partial charge in [0.1, 0.15) is 0 Å². The fourth-order valence-corrected chi connectivity index (χ4v) is 1.42. The number of carbonyl (C=O) groups is 1. The quantitative estimate of drug-likeness (QED) is 0.721. The Morgan fingerprint density at radius 3 is 2.62 bits per heavy atom. The third kappa shape index (κ3) is 4.45. The highest BCUT2D eigenvalue weighted by Crippen LogP contribution is 2.07. The lowest BCUT2D eigenvalue weighted by Gasteiger charge is -2.13. The summed E-state index contributed by atoms with van der Waals surface area (Å²) in [6.45, 7) is 2.57. The van der Waals surface area contributed by atoms with Crippen LogP contribution in [0.4, 0.5) is 0 Å². The van der Waals surface area contributed by atoms with E-state index in [0.717, 1.165) is 18.4 Å². The molecule has 16 heavy (non-hydrogen) atoms. The predicted molar refractivity (Wildman–Crippen MR) is 62.4 cm³/mol. The van der Waals surface area contributed by atoms with Crippen molar-refractivity contribution in [3.05, 3.63) is 35.9 Å². The molecule has 0 aliphatic heterocycles. The Balaban J connectivity index is 2.48. The highest BCUT2D eigenvalue weighted by atomic mass is 16.5. The summed E-state index contributed by atoms with van der Waals surface area (Å²) in [4.78, 5) is 11.0. The molecule has 0 bridgehead atoms. The van der Waals surface area contributed by atoms with Crippen LogP contribution in [0.5, 0.6) is 0 Å². The van der Waals surface area contributed by atoms with Crippen LogP contribution in [-0.4, -0.2) is 23.8 Å². The van der Waals surface area contributed by atoms with Gasteiger partial charge in [0.2, 0.25) is 0 Å². The molecule has 0 fully saturated rings. The first-order valence-corrected chi connectivity index (χ1v) is 5.62. The second-order valence-electron chi connectivity index (χ2n) is 3.74. The lowest BCUT2D eigenvalue weighted by Crippen LogP contribution is -2.26. The molecule has 0 spiro atoms. The van der Waals surface area contributed by atoms with Crippen molar-refractivity contribution in [2.45, 2.75) is 32.3 Å². The lowest BCUT2D eigenvalue weighted by atomic mass is 10.1. The van der Waals surface area contributed by atoms with E-state index in [4.69, 9.17) is 9.84 Å². The van der Waals surface area contributed by atoms with Gasteiger partial charge in [-0.3, -0.25) is 0 Å². The molecule has 0 saturated heterocycles. The van der Waals surface area contributed by atoms with Gasteiger partial charge in [0.05, 0.1) is 0 Å². The topological polar surface area (TPSA) is 46.5 Å². The minimum Gasteiger partial charge on any atom is -0.479 e. The molecule has 0 aromatic heterocycles. The Bertz CT molecular complexity index is 308. The van der Waals surface area contributed by atoms with E-state index in [1.807, 2.05) is 30.3 Å². The summed E-state index contributed by atoms with van der Waals surface area (Å²) in [7, 11) is 0. The van der Waals surface area contributed by atoms with Crippen molar-refractivity contribution in [3.8, 4) is 0 Å². The van der Waals surface area contributed by atoms with Gasteiger partial charge in [-0.05, 0) is 12.0 Å². The van der Waals surface area contributed by atoms with E-state index in [0.29, 0.717) is 13.0 Å². The zero-order chi connectivity index (χ0) is 11.8. The Hall–Kier alpha value is -1.35. The number of carboxylic acid groups (broad SMARTS) is 1. The van der Waals surface area contributed by atoms with E-state index >= 15 is 0 Å². The minimum absolute atomic E-state index is 0.430. The summed E-state index contributed by atoms with van der Waals surface area (Å²) in [6, 6.07) is 9.55. The van der Waals surface area contributed by atoms with E-state index in [9.17, 15) is 4.79 Å². The van der Waals surface area contributed by atoms with Crippen LogP contribution in [0.2, 0.25) is 0 Å². The number of benzene rings is 1. The van der Waals surface area contributed by atoms with Gasteiger partial charge in [-0.2, -0.15) is 0 Å². The minimum atomic E-state index is -0.889. The number of carboxylic acids is 1. The van der Waals surface area contributed by atoms with Crippen molar-refractivity contribution in [2.24, 2.45) is 0 Å². The number of aliphatic carboxylic acids is 1. The highest BCUT2D eigenvalue weighted by molar-refractivity contribution is 5.72. The van der Waals surface area contributed by atoms with Crippen LogP contribution in [0, 0.1) is 0 Å². The Morgan fingerprint density at radius 2 is 2.06 bits per heavy atom. The molecule has 0 aliphatic carbocycles. The fourth-order valence-electron chi connectivity index (χ4n) is 1.42. The highest BCUT2D eigenvalue weighted by Gasteiger charge is 2.17. The fraction of sp³-hybridized carbons (Fsp3) is 0.462. The van der Waals surface area contributed by atoms with Crippen molar-refractivity contribution >= 4 is 5.97 Å². The van der Waals surface area contributed by atoms with Crippen molar-refractivity contribution in [3.63, 3.8) is 0 Å². The first kappa shape index (κ1) is 12.7. The van der Waals surface area contributed by atoms with E-state index < -0.39 is 12.1 Å². The number of unbranched alkanes of at least 4 members (excludes halogenated alkanes) is 1. The lowest BCUT2D eigenvalue weighted by molar-refractivity contribution is -0.150. The molecule has 1 aromatic rings. The van der Waals surface area contributed by atoms with Crippen LogP contribution < -0.4 is 0 Å². The average molecular weight is 222 g/mol. The van der Waals surface area contributed by atoms with Gasteiger partial charge < -0.3 is 9.84 Å². The predicted octanol–water partition coefficient (Wildman–Crippen LogP) is 2.50. The van der Waals surface area contributed by atoms with E-state index in [-0.39, 0.29) is 0 Å². The number of rotatable bonds is 7. The second-order valence-corrected chi connectivity index (χ2v) is 3.74. The molecule has 0 amide bonds. The van der Waals surface area contributed by atoms with Gasteiger partial charge >= 0.3 is 5.97 Å². The largest absolute Gasteiger partial charge is 0.479 e. The van der Waals surface area contributed by atoms with Gasteiger partial charge in [0.15, 0.2) is 6.10 Å². The maximum atomic E-state index is 11.0. The molecule has 1 aromatic carbocycles. The Kier molecular flexibility index (Phi) is 5.57. The zero-order valence-electron chi connectivity index (χ0n) is 9.56. The molecule has 3 nitrogen and oxygen atoms in total. The van der Waals surface area contributed by atoms with E-state index in [2.05, 4.69) is 6.92 Å². The SMILES string of the molecule is CCCCO[C@@H](Cc1ccccc1)C(=O)O. The van der Waals surface area contributed by atoms with Crippen LogP contribution in [-0.2, 0) is 16.0 Å². The molecular weight excluding hydrogens is 204 g/mol. The van der Waals surface area contributed by atoms with Crippen molar-refractivity contribution in [1.82, 2.24) is 0 Å². The molecule has 88 valence electrons. The summed E-state index contributed by atoms with van der Waals surface area (Å²) in [5, 5.41) is 9.01. The van der Waals surface area contributed by atoms with Gasteiger partial charge in [-0.15, -0.1) is 0 Å². The maximum Gasteiger partial charge on any atom is 0.333 e. The summed E-state index contributed by atoms with van der Waals surface area (Å²) in [6.07, 6.45) is 1.62. The summed E-state index contributed by atoms with van der Waals surface area (Å²) in [5.74, 6) is -0.889. The Labute approximate surface area is 96.1 Å². The standard InChI is InChI=1S/C13H18O3/c1-2-3-9-16-12(13(14)15)10-11-7-5-4-6-8-11/h4-8,12H,2-3,9-10H2,1H3,(H,14,15)/t12-/m0/s1. The van der Waals surface area contributed by atoms with Crippen LogP contribution in [0.3, 0.4) is 0 Å². The van der Waals surface area contributed by atoms with Crippen LogP contribution in [0.25, 0.3) is 0 Å². The zero-order valence-corrected chi connectivity index (χ0v) is 9.56. The normalized spacial score (nSPS) is 12.3. The van der Waals surface area contributed by atoms with Gasteiger partial charge in [-0.1, -0.05) is 43.7 Å². The average Bonchev–Trinajstić information content (AvgIpc) is 2.29. The molecule has 1 N–H and O–H groups in total. The molecule has 0 unspecified atom stereocenters. The third-order valence-electron chi connectivity index (χ3n) is 2.36. The first-order valence-electron chi connectivity index (χ1n) is 5.62.